The maximum absolute atomic E-state index is 12.5. The molecule has 1 N–H and O–H groups in total. The van der Waals surface area contributed by atoms with Gasteiger partial charge in [-0.05, 0) is 6.92 Å². The highest BCUT2D eigenvalue weighted by molar-refractivity contribution is 8.16. The van der Waals surface area contributed by atoms with Gasteiger partial charge < -0.3 is 4.74 Å². The highest BCUT2D eigenvalue weighted by Crippen LogP contribution is 2.38. The number of esters is 1. The summed E-state index contributed by atoms with van der Waals surface area (Å²) in [5, 5.41) is 4.96. The minimum atomic E-state index is -1.19. The lowest BCUT2D eigenvalue weighted by atomic mass is 9.87. The van der Waals surface area contributed by atoms with Crippen LogP contribution in [-0.4, -0.2) is 28.3 Å². The topological polar surface area (TPSA) is 67.8 Å². The number of hydrogen-bond donors (Lipinski definition) is 1. The number of thioether (sulfide) groups is 1. The van der Waals surface area contributed by atoms with Crippen LogP contribution in [0.5, 0.6) is 0 Å². The summed E-state index contributed by atoms with van der Waals surface area (Å²) < 4.78 is 5.18. The van der Waals surface area contributed by atoms with E-state index in [9.17, 15) is 9.59 Å². The number of nitrogens with zero attached hydrogens (tertiary/aromatic N) is 1. The van der Waals surface area contributed by atoms with Crippen LogP contribution in [0.3, 0.4) is 0 Å². The third-order valence-corrected chi connectivity index (χ3v) is 4.75. The minimum absolute atomic E-state index is 0.0185. The number of benzene rings is 1. The van der Waals surface area contributed by atoms with Crippen LogP contribution in [0, 0.1) is 5.41 Å². The van der Waals surface area contributed by atoms with Crippen LogP contribution in [0.15, 0.2) is 35.4 Å². The summed E-state index contributed by atoms with van der Waals surface area (Å²) in [5.41, 5.74) is 3.23. The average molecular weight is 334 g/mol. The molecular formula is C17H22N2O3S. The van der Waals surface area contributed by atoms with E-state index in [0.717, 1.165) is 5.56 Å². The fraction of sp³-hybridized carbons (Fsp3) is 0.471. The van der Waals surface area contributed by atoms with Crippen molar-refractivity contribution in [3.63, 3.8) is 0 Å². The van der Waals surface area contributed by atoms with E-state index in [-0.39, 0.29) is 18.8 Å². The zero-order valence-corrected chi connectivity index (χ0v) is 14.7. The van der Waals surface area contributed by atoms with Gasteiger partial charge in [0, 0.05) is 11.0 Å². The van der Waals surface area contributed by atoms with Gasteiger partial charge in [0.1, 0.15) is 10.8 Å². The first-order valence-electron chi connectivity index (χ1n) is 7.58. The molecule has 1 aromatic rings. The number of Topliss-reactive ketones (excluding diaryl/α,β-unsaturated/α-hetero) is 1. The van der Waals surface area contributed by atoms with Crippen molar-refractivity contribution < 1.29 is 14.3 Å². The van der Waals surface area contributed by atoms with Gasteiger partial charge in [-0.1, -0.05) is 62.9 Å². The van der Waals surface area contributed by atoms with E-state index in [4.69, 9.17) is 4.74 Å². The van der Waals surface area contributed by atoms with Crippen LogP contribution in [0.2, 0.25) is 0 Å². The van der Waals surface area contributed by atoms with E-state index in [1.54, 1.807) is 6.92 Å². The maximum Gasteiger partial charge on any atom is 0.344 e. The summed E-state index contributed by atoms with van der Waals surface area (Å²) in [6.45, 7) is 7.52. The predicted molar refractivity (Wildman–Crippen MR) is 92.1 cm³/mol. The van der Waals surface area contributed by atoms with Gasteiger partial charge in [0.15, 0.2) is 0 Å². The molecule has 0 aromatic heterocycles. The van der Waals surface area contributed by atoms with Crippen molar-refractivity contribution in [1.29, 1.82) is 0 Å². The molecule has 1 aliphatic heterocycles. The molecule has 0 radical (unpaired) electrons. The van der Waals surface area contributed by atoms with Crippen LogP contribution < -0.4 is 5.43 Å². The fourth-order valence-corrected chi connectivity index (χ4v) is 3.14. The fourth-order valence-electron chi connectivity index (χ4n) is 2.03. The lowest BCUT2D eigenvalue weighted by Crippen LogP contribution is -2.48. The molecule has 5 nitrogen and oxygen atoms in total. The highest BCUT2D eigenvalue weighted by atomic mass is 32.2. The van der Waals surface area contributed by atoms with Crippen LogP contribution in [0.1, 0.15) is 39.7 Å². The Kier molecular flexibility index (Phi) is 5.14. The van der Waals surface area contributed by atoms with Crippen LogP contribution >= 0.6 is 11.8 Å². The first-order valence-corrected chi connectivity index (χ1v) is 8.40. The Balaban J connectivity index is 2.25. The van der Waals surface area contributed by atoms with Crippen LogP contribution in [0.4, 0.5) is 0 Å². The SMILES string of the molecule is CCOC(=O)[C@]1(CC(=O)C(C)(C)C)NN=C(c2ccccc2)S1. The third-order valence-electron chi connectivity index (χ3n) is 3.48. The zero-order valence-electron chi connectivity index (χ0n) is 13.9. The normalized spacial score (nSPS) is 20.6. The molecule has 1 aromatic carbocycles. The molecule has 1 heterocycles. The number of rotatable bonds is 5. The summed E-state index contributed by atoms with van der Waals surface area (Å²) in [7, 11) is 0. The summed E-state index contributed by atoms with van der Waals surface area (Å²) >= 11 is 1.25. The summed E-state index contributed by atoms with van der Waals surface area (Å²) in [4.78, 5) is 23.8. The Morgan fingerprint density at radius 1 is 1.26 bits per heavy atom. The van der Waals surface area contributed by atoms with Crippen molar-refractivity contribution in [2.45, 2.75) is 39.0 Å². The quantitative estimate of drug-likeness (QED) is 0.839. The zero-order chi connectivity index (χ0) is 17.1. The van der Waals surface area contributed by atoms with Crippen molar-refractivity contribution in [3.8, 4) is 0 Å². The van der Waals surface area contributed by atoms with E-state index in [2.05, 4.69) is 10.5 Å². The lowest BCUT2D eigenvalue weighted by Gasteiger charge is -2.28. The standard InChI is InChI=1S/C17H22N2O3S/c1-5-22-15(21)17(11-13(20)16(2,3)4)19-18-14(23-17)12-9-7-6-8-10-12/h6-10,19H,5,11H2,1-4H3/t17-/m1/s1. The maximum atomic E-state index is 12.5. The number of hydrazone groups is 1. The van der Waals surface area contributed by atoms with E-state index < -0.39 is 16.3 Å². The molecule has 1 aliphatic rings. The molecule has 0 bridgehead atoms. The van der Waals surface area contributed by atoms with Gasteiger partial charge in [-0.25, -0.2) is 4.79 Å². The molecule has 2 rings (SSSR count). The summed E-state index contributed by atoms with van der Waals surface area (Å²) in [6.07, 6.45) is 0.0276. The molecule has 0 aliphatic carbocycles. The average Bonchev–Trinajstić information content (AvgIpc) is 2.93. The molecule has 1 atom stereocenters. The Labute approximate surface area is 140 Å². The number of ketones is 1. The number of hydrogen-bond acceptors (Lipinski definition) is 6. The van der Waals surface area contributed by atoms with E-state index in [0.29, 0.717) is 5.04 Å². The Bertz CT molecular complexity index is 622. The number of nitrogens with one attached hydrogen (secondary N) is 1. The van der Waals surface area contributed by atoms with Gasteiger partial charge in [-0.2, -0.15) is 5.10 Å². The monoisotopic (exact) mass is 334 g/mol. The predicted octanol–water partition coefficient (Wildman–Crippen LogP) is 2.95. The second-order valence-corrected chi connectivity index (χ2v) is 7.68. The van der Waals surface area contributed by atoms with Crippen LogP contribution in [0.25, 0.3) is 0 Å². The van der Waals surface area contributed by atoms with Gasteiger partial charge in [-0.15, -0.1) is 0 Å². The summed E-state index contributed by atoms with van der Waals surface area (Å²) in [5.74, 6) is -0.479. The van der Waals surface area contributed by atoms with Gasteiger partial charge in [0.2, 0.25) is 4.87 Å². The van der Waals surface area contributed by atoms with E-state index >= 15 is 0 Å². The van der Waals surface area contributed by atoms with Gasteiger partial charge in [-0.3, -0.25) is 10.2 Å². The number of carbonyl (C=O) groups is 2. The van der Waals surface area contributed by atoms with Gasteiger partial charge >= 0.3 is 5.97 Å². The number of ether oxygens (including phenoxy) is 1. The van der Waals surface area contributed by atoms with Crippen molar-refractivity contribution in [3.05, 3.63) is 35.9 Å². The molecule has 0 saturated carbocycles. The van der Waals surface area contributed by atoms with Crippen molar-refractivity contribution in [1.82, 2.24) is 5.43 Å². The molecular weight excluding hydrogens is 312 g/mol. The molecule has 0 spiro atoms. The smallest absolute Gasteiger partial charge is 0.344 e. The number of carbonyl (C=O) groups excluding carboxylic acids is 2. The first-order chi connectivity index (χ1) is 10.8. The molecule has 0 unspecified atom stereocenters. The van der Waals surface area contributed by atoms with Gasteiger partial charge in [0.25, 0.3) is 0 Å². The first kappa shape index (κ1) is 17.5. The van der Waals surface area contributed by atoms with Crippen molar-refractivity contribution >= 4 is 28.6 Å². The van der Waals surface area contributed by atoms with E-state index in [1.807, 2.05) is 51.1 Å². The van der Waals surface area contributed by atoms with Crippen LogP contribution in [-0.2, 0) is 14.3 Å². The highest BCUT2D eigenvalue weighted by Gasteiger charge is 2.49. The Hall–Kier alpha value is -1.82. The molecule has 6 heteroatoms. The Morgan fingerprint density at radius 2 is 1.91 bits per heavy atom. The molecule has 0 saturated heterocycles. The third kappa shape index (κ3) is 3.93. The molecule has 124 valence electrons. The Morgan fingerprint density at radius 3 is 2.48 bits per heavy atom. The molecule has 0 amide bonds. The molecule has 0 fully saturated rings. The van der Waals surface area contributed by atoms with Crippen molar-refractivity contribution in [2.75, 3.05) is 6.61 Å². The second-order valence-electron chi connectivity index (χ2n) is 6.39. The van der Waals surface area contributed by atoms with Gasteiger partial charge in [0.05, 0.1) is 13.0 Å². The van der Waals surface area contributed by atoms with Crippen molar-refractivity contribution in [2.24, 2.45) is 10.5 Å². The minimum Gasteiger partial charge on any atom is -0.464 e. The largest absolute Gasteiger partial charge is 0.464 e. The second kappa shape index (κ2) is 6.74. The summed E-state index contributed by atoms with van der Waals surface area (Å²) in [6, 6.07) is 9.56. The lowest BCUT2D eigenvalue weighted by molar-refractivity contribution is -0.149. The van der Waals surface area contributed by atoms with E-state index in [1.165, 1.54) is 11.8 Å². The molecule has 23 heavy (non-hydrogen) atoms.